The van der Waals surface area contributed by atoms with Crippen LogP contribution in [0, 0.1) is 0 Å². The van der Waals surface area contributed by atoms with Gasteiger partial charge < -0.3 is 19.9 Å². The Hall–Kier alpha value is -1.26. The largest absolute Gasteiger partial charge is 0.491 e. The normalized spacial score (nSPS) is 22.6. The Morgan fingerprint density at radius 1 is 1.15 bits per heavy atom. The van der Waals surface area contributed by atoms with Gasteiger partial charge in [-0.2, -0.15) is 0 Å². The van der Waals surface area contributed by atoms with Crippen LogP contribution in [0.4, 0.5) is 5.69 Å². The quantitative estimate of drug-likeness (QED) is 0.616. The van der Waals surface area contributed by atoms with E-state index in [9.17, 15) is 0 Å². The second kappa shape index (κ2) is 8.12. The Morgan fingerprint density at radius 3 is 2.75 bits per heavy atom. The summed E-state index contributed by atoms with van der Waals surface area (Å²) in [6, 6.07) is 7.56. The third-order valence-corrected chi connectivity index (χ3v) is 3.73. The van der Waals surface area contributed by atoms with Crippen LogP contribution in [0.5, 0.6) is 5.75 Å². The molecule has 2 unspecified atom stereocenters. The van der Waals surface area contributed by atoms with Gasteiger partial charge >= 0.3 is 0 Å². The monoisotopic (exact) mass is 279 g/mol. The summed E-state index contributed by atoms with van der Waals surface area (Å²) in [5, 5.41) is 0. The molecule has 20 heavy (non-hydrogen) atoms. The minimum Gasteiger partial charge on any atom is -0.491 e. The maximum atomic E-state index is 5.89. The molecular formula is C16H25NO3. The molecule has 112 valence electrons. The average Bonchev–Trinajstić information content (AvgIpc) is 2.49. The molecule has 0 heterocycles. The number of anilines is 1. The fraction of sp³-hybridized carbons (Fsp3) is 0.625. The third-order valence-electron chi connectivity index (χ3n) is 3.73. The van der Waals surface area contributed by atoms with E-state index >= 15 is 0 Å². The number of rotatable bonds is 7. The lowest BCUT2D eigenvalue weighted by Crippen LogP contribution is -2.28. The van der Waals surface area contributed by atoms with Gasteiger partial charge in [0.15, 0.2) is 0 Å². The van der Waals surface area contributed by atoms with Crippen LogP contribution >= 0.6 is 0 Å². The highest BCUT2D eigenvalue weighted by atomic mass is 16.5. The first-order chi connectivity index (χ1) is 9.79. The van der Waals surface area contributed by atoms with Crippen molar-refractivity contribution in [1.82, 2.24) is 0 Å². The van der Waals surface area contributed by atoms with Crippen molar-refractivity contribution in [3.05, 3.63) is 24.3 Å². The van der Waals surface area contributed by atoms with E-state index in [1.54, 1.807) is 7.11 Å². The predicted octanol–water partition coefficient (Wildman–Crippen LogP) is 3.01. The predicted molar refractivity (Wildman–Crippen MR) is 80.0 cm³/mol. The minimum atomic E-state index is 0.343. The van der Waals surface area contributed by atoms with Gasteiger partial charge in [-0.15, -0.1) is 0 Å². The van der Waals surface area contributed by atoms with Crippen molar-refractivity contribution in [2.75, 3.05) is 26.1 Å². The Morgan fingerprint density at radius 2 is 1.95 bits per heavy atom. The number of methoxy groups -OCH3 is 1. The maximum absolute atomic E-state index is 5.89. The number of ether oxygens (including phenoxy) is 3. The summed E-state index contributed by atoms with van der Waals surface area (Å²) < 4.78 is 16.9. The molecule has 0 radical (unpaired) electrons. The number of nitrogen functional groups attached to an aromatic ring is 1. The SMILES string of the molecule is COC1CCCC(OCCCOc2ccccc2N)C1. The van der Waals surface area contributed by atoms with Crippen LogP contribution in [-0.4, -0.2) is 32.5 Å². The molecular weight excluding hydrogens is 254 g/mol. The number of hydrogen-bond acceptors (Lipinski definition) is 4. The number of hydrogen-bond donors (Lipinski definition) is 1. The van der Waals surface area contributed by atoms with Crippen molar-refractivity contribution < 1.29 is 14.2 Å². The summed E-state index contributed by atoms with van der Waals surface area (Å²) in [5.74, 6) is 0.754. The van der Waals surface area contributed by atoms with Crippen LogP contribution < -0.4 is 10.5 Å². The molecule has 0 aliphatic heterocycles. The first-order valence-corrected chi connectivity index (χ1v) is 7.41. The van der Waals surface area contributed by atoms with E-state index in [1.165, 1.54) is 6.42 Å². The molecule has 0 amide bonds. The summed E-state index contributed by atoms with van der Waals surface area (Å²) in [6.45, 7) is 1.36. The molecule has 0 spiro atoms. The van der Waals surface area contributed by atoms with Gasteiger partial charge in [0.1, 0.15) is 5.75 Å². The highest BCUT2D eigenvalue weighted by Crippen LogP contribution is 2.23. The van der Waals surface area contributed by atoms with Crippen LogP contribution in [0.1, 0.15) is 32.1 Å². The minimum absolute atomic E-state index is 0.343. The van der Waals surface area contributed by atoms with Gasteiger partial charge in [-0.25, -0.2) is 0 Å². The Balaban J connectivity index is 1.59. The third kappa shape index (κ3) is 4.69. The molecule has 2 rings (SSSR count). The summed E-state index contributed by atoms with van der Waals surface area (Å²) in [7, 11) is 1.78. The fourth-order valence-electron chi connectivity index (χ4n) is 2.57. The van der Waals surface area contributed by atoms with Crippen molar-refractivity contribution in [1.29, 1.82) is 0 Å². The van der Waals surface area contributed by atoms with Crippen molar-refractivity contribution in [2.24, 2.45) is 0 Å². The summed E-state index contributed by atoms with van der Waals surface area (Å²) in [6.07, 6.45) is 6.11. The van der Waals surface area contributed by atoms with Crippen LogP contribution in [-0.2, 0) is 9.47 Å². The second-order valence-electron chi connectivity index (χ2n) is 5.26. The van der Waals surface area contributed by atoms with E-state index in [-0.39, 0.29) is 0 Å². The highest BCUT2D eigenvalue weighted by Gasteiger charge is 2.21. The van der Waals surface area contributed by atoms with E-state index < -0.39 is 0 Å². The second-order valence-corrected chi connectivity index (χ2v) is 5.26. The molecule has 0 bridgehead atoms. The lowest BCUT2D eigenvalue weighted by Gasteiger charge is -2.28. The van der Waals surface area contributed by atoms with Gasteiger partial charge in [0, 0.05) is 13.5 Å². The number of nitrogens with two attached hydrogens (primary N) is 1. The summed E-state index contributed by atoms with van der Waals surface area (Å²) in [4.78, 5) is 0. The van der Waals surface area contributed by atoms with Crippen LogP contribution in [0.3, 0.4) is 0 Å². The van der Waals surface area contributed by atoms with E-state index in [1.807, 2.05) is 24.3 Å². The fourth-order valence-corrected chi connectivity index (χ4v) is 2.57. The van der Waals surface area contributed by atoms with Crippen LogP contribution in [0.25, 0.3) is 0 Å². The Labute approximate surface area is 121 Å². The Bertz CT molecular complexity index is 397. The summed E-state index contributed by atoms with van der Waals surface area (Å²) >= 11 is 0. The topological polar surface area (TPSA) is 53.7 Å². The molecule has 1 saturated carbocycles. The molecule has 1 aromatic rings. The molecule has 1 aliphatic carbocycles. The molecule has 1 aromatic carbocycles. The zero-order chi connectivity index (χ0) is 14.2. The Kier molecular flexibility index (Phi) is 6.15. The molecule has 4 heteroatoms. The van der Waals surface area contributed by atoms with Gasteiger partial charge in [-0.3, -0.25) is 0 Å². The molecule has 1 fully saturated rings. The highest BCUT2D eigenvalue weighted by molar-refractivity contribution is 5.51. The van der Waals surface area contributed by atoms with Crippen molar-refractivity contribution in [3.63, 3.8) is 0 Å². The molecule has 2 N–H and O–H groups in total. The smallest absolute Gasteiger partial charge is 0.142 e. The first-order valence-electron chi connectivity index (χ1n) is 7.41. The van der Waals surface area contributed by atoms with Gasteiger partial charge in [0.2, 0.25) is 0 Å². The van der Waals surface area contributed by atoms with Crippen molar-refractivity contribution in [3.8, 4) is 5.75 Å². The molecule has 0 aromatic heterocycles. The molecule has 0 saturated heterocycles. The first kappa shape index (κ1) is 15.1. The van der Waals surface area contributed by atoms with Gasteiger partial charge in [0.05, 0.1) is 31.1 Å². The van der Waals surface area contributed by atoms with E-state index in [0.717, 1.165) is 38.0 Å². The summed E-state index contributed by atoms with van der Waals surface area (Å²) in [5.41, 5.74) is 6.50. The van der Waals surface area contributed by atoms with Crippen molar-refractivity contribution >= 4 is 5.69 Å². The number of para-hydroxylation sites is 2. The molecule has 1 aliphatic rings. The zero-order valence-electron chi connectivity index (χ0n) is 12.2. The van der Waals surface area contributed by atoms with Gasteiger partial charge in [-0.05, 0) is 37.8 Å². The molecule has 4 nitrogen and oxygen atoms in total. The standard InChI is InChI=1S/C16H25NO3/c1-18-13-6-4-7-14(12-13)19-10-5-11-20-16-9-3-2-8-15(16)17/h2-3,8-9,13-14H,4-7,10-12,17H2,1H3. The van der Waals surface area contributed by atoms with Gasteiger partial charge in [-0.1, -0.05) is 12.1 Å². The lowest BCUT2D eigenvalue weighted by molar-refractivity contribution is -0.0316. The zero-order valence-corrected chi connectivity index (χ0v) is 12.2. The van der Waals surface area contributed by atoms with Crippen LogP contribution in [0.15, 0.2) is 24.3 Å². The molecule has 2 atom stereocenters. The number of benzene rings is 1. The van der Waals surface area contributed by atoms with E-state index in [2.05, 4.69) is 0 Å². The lowest BCUT2D eigenvalue weighted by atomic mass is 9.95. The van der Waals surface area contributed by atoms with E-state index in [4.69, 9.17) is 19.9 Å². The van der Waals surface area contributed by atoms with Crippen molar-refractivity contribution in [2.45, 2.75) is 44.3 Å². The average molecular weight is 279 g/mol. The maximum Gasteiger partial charge on any atom is 0.142 e. The van der Waals surface area contributed by atoms with E-state index in [0.29, 0.717) is 24.5 Å². The van der Waals surface area contributed by atoms with Crippen LogP contribution in [0.2, 0.25) is 0 Å². The van der Waals surface area contributed by atoms with Gasteiger partial charge in [0.25, 0.3) is 0 Å².